The Morgan fingerprint density at radius 1 is 1.24 bits per heavy atom. The van der Waals surface area contributed by atoms with Gasteiger partial charge in [0.15, 0.2) is 0 Å². The number of hydrogen-bond acceptors (Lipinski definition) is 4. The maximum absolute atomic E-state index is 11.4. The van der Waals surface area contributed by atoms with E-state index in [1.54, 1.807) is 0 Å². The SMILES string of the molecule is Cc1ccc(NC(=O)CSCC(=O)[O-])cc1C. The number of carbonyl (C=O) groups excluding carboxylic acids is 2. The average molecular weight is 252 g/mol. The van der Waals surface area contributed by atoms with Crippen LogP contribution < -0.4 is 10.4 Å². The lowest BCUT2D eigenvalue weighted by Gasteiger charge is -2.07. The fourth-order valence-electron chi connectivity index (χ4n) is 1.24. The van der Waals surface area contributed by atoms with Crippen molar-refractivity contribution in [3.8, 4) is 0 Å². The van der Waals surface area contributed by atoms with Crippen LogP contribution in [0.3, 0.4) is 0 Å². The summed E-state index contributed by atoms with van der Waals surface area (Å²) in [4.78, 5) is 21.6. The lowest BCUT2D eigenvalue weighted by molar-refractivity contribution is -0.301. The molecule has 4 nitrogen and oxygen atoms in total. The Labute approximate surface area is 104 Å². The third kappa shape index (κ3) is 4.91. The van der Waals surface area contributed by atoms with E-state index in [1.807, 2.05) is 32.0 Å². The van der Waals surface area contributed by atoms with Gasteiger partial charge in [-0.25, -0.2) is 0 Å². The minimum Gasteiger partial charge on any atom is -0.549 e. The van der Waals surface area contributed by atoms with Gasteiger partial charge in [0.25, 0.3) is 0 Å². The third-order valence-corrected chi connectivity index (χ3v) is 3.15. The highest BCUT2D eigenvalue weighted by molar-refractivity contribution is 8.00. The number of carboxylic acid groups (broad SMARTS) is 1. The van der Waals surface area contributed by atoms with Gasteiger partial charge in [0.05, 0.1) is 11.7 Å². The number of carboxylic acids is 1. The summed E-state index contributed by atoms with van der Waals surface area (Å²) in [6.45, 7) is 3.96. The first-order valence-corrected chi connectivity index (χ1v) is 6.29. The molecule has 1 N–H and O–H groups in total. The largest absolute Gasteiger partial charge is 0.549 e. The first kappa shape index (κ1) is 13.6. The van der Waals surface area contributed by atoms with Crippen molar-refractivity contribution in [3.05, 3.63) is 29.3 Å². The van der Waals surface area contributed by atoms with Crippen LogP contribution in [0.1, 0.15) is 11.1 Å². The second-order valence-electron chi connectivity index (χ2n) is 3.71. The van der Waals surface area contributed by atoms with Crippen molar-refractivity contribution < 1.29 is 14.7 Å². The molecule has 0 saturated carbocycles. The average Bonchev–Trinajstić information content (AvgIpc) is 2.23. The van der Waals surface area contributed by atoms with E-state index in [1.165, 1.54) is 0 Å². The van der Waals surface area contributed by atoms with Crippen LogP contribution >= 0.6 is 11.8 Å². The Balaban J connectivity index is 2.45. The monoisotopic (exact) mass is 252 g/mol. The number of rotatable bonds is 5. The Kier molecular flexibility index (Phi) is 5.03. The van der Waals surface area contributed by atoms with Crippen LogP contribution in [-0.2, 0) is 9.59 Å². The molecule has 0 spiro atoms. The molecule has 0 saturated heterocycles. The van der Waals surface area contributed by atoms with Gasteiger partial charge in [0.2, 0.25) is 5.91 Å². The summed E-state index contributed by atoms with van der Waals surface area (Å²) in [5.74, 6) is -1.42. The Morgan fingerprint density at radius 3 is 2.53 bits per heavy atom. The Morgan fingerprint density at radius 2 is 1.94 bits per heavy atom. The summed E-state index contributed by atoms with van der Waals surface area (Å²) in [5.41, 5.74) is 2.99. The van der Waals surface area contributed by atoms with Crippen LogP contribution in [0.2, 0.25) is 0 Å². The molecule has 5 heteroatoms. The number of benzene rings is 1. The van der Waals surface area contributed by atoms with Crippen LogP contribution in [0.25, 0.3) is 0 Å². The topological polar surface area (TPSA) is 69.2 Å². The molecule has 0 aliphatic carbocycles. The quantitative estimate of drug-likeness (QED) is 0.838. The normalized spacial score (nSPS) is 10.0. The zero-order chi connectivity index (χ0) is 12.8. The summed E-state index contributed by atoms with van der Waals surface area (Å²) < 4.78 is 0. The summed E-state index contributed by atoms with van der Waals surface area (Å²) in [7, 11) is 0. The van der Waals surface area contributed by atoms with Crippen LogP contribution in [0, 0.1) is 13.8 Å². The fourth-order valence-corrected chi connectivity index (χ4v) is 1.77. The van der Waals surface area contributed by atoms with Crippen molar-refractivity contribution in [1.82, 2.24) is 0 Å². The first-order valence-electron chi connectivity index (χ1n) is 5.13. The molecule has 0 aliphatic heterocycles. The van der Waals surface area contributed by atoms with Gasteiger partial charge in [0.1, 0.15) is 0 Å². The van der Waals surface area contributed by atoms with Crippen molar-refractivity contribution in [1.29, 1.82) is 0 Å². The van der Waals surface area contributed by atoms with E-state index >= 15 is 0 Å². The molecule has 0 unspecified atom stereocenters. The van der Waals surface area contributed by atoms with Gasteiger partial charge in [-0.3, -0.25) is 4.79 Å². The van der Waals surface area contributed by atoms with Gasteiger partial charge >= 0.3 is 0 Å². The van der Waals surface area contributed by atoms with E-state index < -0.39 is 5.97 Å². The van der Waals surface area contributed by atoms with E-state index in [2.05, 4.69) is 5.32 Å². The summed E-state index contributed by atoms with van der Waals surface area (Å²) in [6, 6.07) is 5.64. The van der Waals surface area contributed by atoms with E-state index in [9.17, 15) is 14.7 Å². The lowest BCUT2D eigenvalue weighted by atomic mass is 10.1. The maximum atomic E-state index is 11.4. The number of anilines is 1. The standard InChI is InChI=1S/C12H15NO3S/c1-8-3-4-10(5-9(8)2)13-11(14)6-17-7-12(15)16/h3-5H,6-7H2,1-2H3,(H,13,14)(H,15,16)/p-1. The number of nitrogens with one attached hydrogen (secondary N) is 1. The van der Waals surface area contributed by atoms with Crippen molar-refractivity contribution in [2.75, 3.05) is 16.8 Å². The molecule has 17 heavy (non-hydrogen) atoms. The molecule has 0 radical (unpaired) electrons. The number of aliphatic carboxylic acids is 1. The van der Waals surface area contributed by atoms with Gasteiger partial charge < -0.3 is 15.2 Å². The molecule has 0 aromatic heterocycles. The summed E-state index contributed by atoms with van der Waals surface area (Å²) in [6.07, 6.45) is 0. The Hall–Kier alpha value is -1.49. The molecule has 0 heterocycles. The van der Waals surface area contributed by atoms with Crippen molar-refractivity contribution >= 4 is 29.3 Å². The molecule has 1 aromatic rings. The minimum absolute atomic E-state index is 0.112. The zero-order valence-electron chi connectivity index (χ0n) is 9.78. The molecule has 0 aliphatic rings. The van der Waals surface area contributed by atoms with E-state index in [-0.39, 0.29) is 17.4 Å². The van der Waals surface area contributed by atoms with Gasteiger partial charge in [-0.2, -0.15) is 0 Å². The van der Waals surface area contributed by atoms with Crippen LogP contribution in [0.15, 0.2) is 18.2 Å². The van der Waals surface area contributed by atoms with E-state index in [0.717, 1.165) is 28.6 Å². The third-order valence-electron chi connectivity index (χ3n) is 2.24. The number of thioether (sulfide) groups is 1. The van der Waals surface area contributed by atoms with Gasteiger partial charge in [-0.15, -0.1) is 11.8 Å². The summed E-state index contributed by atoms with van der Waals surface area (Å²) >= 11 is 1.02. The van der Waals surface area contributed by atoms with Crippen molar-refractivity contribution in [3.63, 3.8) is 0 Å². The van der Waals surface area contributed by atoms with E-state index in [4.69, 9.17) is 0 Å². The molecule has 1 aromatic carbocycles. The molecule has 1 rings (SSSR count). The molecule has 92 valence electrons. The molecule has 1 amide bonds. The second-order valence-corrected chi connectivity index (χ2v) is 4.70. The minimum atomic E-state index is -1.16. The van der Waals surface area contributed by atoms with Gasteiger partial charge in [-0.05, 0) is 37.1 Å². The lowest BCUT2D eigenvalue weighted by Crippen LogP contribution is -2.25. The second kappa shape index (κ2) is 6.30. The van der Waals surface area contributed by atoms with Crippen molar-refractivity contribution in [2.45, 2.75) is 13.8 Å². The van der Waals surface area contributed by atoms with Crippen molar-refractivity contribution in [2.24, 2.45) is 0 Å². The van der Waals surface area contributed by atoms with Crippen LogP contribution in [-0.4, -0.2) is 23.4 Å². The zero-order valence-corrected chi connectivity index (χ0v) is 10.6. The number of hydrogen-bond donors (Lipinski definition) is 1. The smallest absolute Gasteiger partial charge is 0.234 e. The maximum Gasteiger partial charge on any atom is 0.234 e. The van der Waals surface area contributed by atoms with Gasteiger partial charge in [0, 0.05) is 11.4 Å². The molecular formula is C12H14NO3S-. The highest BCUT2D eigenvalue weighted by Gasteiger charge is 2.03. The highest BCUT2D eigenvalue weighted by atomic mass is 32.2. The number of amides is 1. The fraction of sp³-hybridized carbons (Fsp3) is 0.333. The predicted octanol–water partition coefficient (Wildman–Crippen LogP) is 0.725. The van der Waals surface area contributed by atoms with Crippen LogP contribution in [0.5, 0.6) is 0 Å². The molecule has 0 fully saturated rings. The summed E-state index contributed by atoms with van der Waals surface area (Å²) in [5, 5.41) is 12.9. The van der Waals surface area contributed by atoms with Crippen LogP contribution in [0.4, 0.5) is 5.69 Å². The highest BCUT2D eigenvalue weighted by Crippen LogP contribution is 2.14. The number of aryl methyl sites for hydroxylation is 2. The molecule has 0 atom stereocenters. The predicted molar refractivity (Wildman–Crippen MR) is 66.9 cm³/mol. The van der Waals surface area contributed by atoms with E-state index in [0.29, 0.717) is 0 Å². The first-order chi connectivity index (χ1) is 7.99. The number of carbonyl (C=O) groups is 2. The molecule has 0 bridgehead atoms. The molecular weight excluding hydrogens is 238 g/mol. The van der Waals surface area contributed by atoms with Gasteiger partial charge in [-0.1, -0.05) is 6.07 Å². The Bertz CT molecular complexity index is 432.